The van der Waals surface area contributed by atoms with Crippen molar-refractivity contribution in [2.75, 3.05) is 32.7 Å². The van der Waals surface area contributed by atoms with Crippen LogP contribution in [0, 0.1) is 5.92 Å². The molecule has 2 rings (SSSR count). The summed E-state index contributed by atoms with van der Waals surface area (Å²) in [5, 5.41) is 6.13. The third-order valence-electron chi connectivity index (χ3n) is 4.38. The largest absolute Gasteiger partial charge is 0.416 e. The molecule has 1 aromatic carbocycles. The first-order chi connectivity index (χ1) is 13.1. The Morgan fingerprint density at radius 2 is 1.76 bits per heavy atom. The molecule has 4 nitrogen and oxygen atoms in total. The van der Waals surface area contributed by atoms with Crippen LogP contribution in [0.15, 0.2) is 29.3 Å². The second kappa shape index (κ2) is 11.2. The molecule has 1 aliphatic rings. The Hall–Kier alpha value is -1.24. The average molecular weight is 538 g/mol. The van der Waals surface area contributed by atoms with Gasteiger partial charge in [0.15, 0.2) is 5.96 Å². The van der Waals surface area contributed by atoms with E-state index in [0.717, 1.165) is 12.1 Å². The highest BCUT2D eigenvalue weighted by atomic mass is 127. The normalized spacial score (nSPS) is 18.4. The number of likely N-dealkylation sites (tertiary alicyclic amines) is 1. The highest BCUT2D eigenvalue weighted by Gasteiger charge is 2.34. The minimum atomic E-state index is -4.38. The molecule has 166 valence electrons. The Labute approximate surface area is 183 Å². The zero-order chi connectivity index (χ0) is 20.8. The lowest BCUT2D eigenvalue weighted by atomic mass is 10.1. The van der Waals surface area contributed by atoms with Crippen LogP contribution in [0.25, 0.3) is 0 Å². The van der Waals surface area contributed by atoms with E-state index in [4.69, 9.17) is 0 Å². The third kappa shape index (κ3) is 9.41. The van der Waals surface area contributed by atoms with Crippen molar-refractivity contribution in [2.45, 2.75) is 32.2 Å². The van der Waals surface area contributed by atoms with Gasteiger partial charge >= 0.3 is 12.4 Å². The smallest absolute Gasteiger partial charge is 0.357 e. The summed E-state index contributed by atoms with van der Waals surface area (Å²) in [6, 6.07) is 4.78. The molecule has 0 radical (unpaired) electrons. The lowest BCUT2D eigenvalue weighted by Crippen LogP contribution is -2.40. The molecular weight excluding hydrogens is 513 g/mol. The number of nitrogens with one attached hydrogen (secondary N) is 2. The van der Waals surface area contributed by atoms with Gasteiger partial charge in [0.25, 0.3) is 0 Å². The molecule has 0 amide bonds. The average Bonchev–Trinajstić information content (AvgIpc) is 3.02. The molecule has 1 heterocycles. The van der Waals surface area contributed by atoms with E-state index in [1.807, 2.05) is 6.92 Å². The van der Waals surface area contributed by atoms with Gasteiger partial charge in [0.1, 0.15) is 0 Å². The van der Waals surface area contributed by atoms with Crippen LogP contribution < -0.4 is 10.6 Å². The van der Waals surface area contributed by atoms with Crippen LogP contribution in [0.4, 0.5) is 26.3 Å². The molecule has 0 aliphatic carbocycles. The fourth-order valence-electron chi connectivity index (χ4n) is 3.03. The number of benzene rings is 1. The van der Waals surface area contributed by atoms with Gasteiger partial charge < -0.3 is 10.6 Å². The van der Waals surface area contributed by atoms with Gasteiger partial charge in [0.2, 0.25) is 0 Å². The van der Waals surface area contributed by atoms with Gasteiger partial charge in [-0.15, -0.1) is 24.0 Å². The van der Waals surface area contributed by atoms with Gasteiger partial charge in [-0.2, -0.15) is 26.3 Å². The molecule has 29 heavy (non-hydrogen) atoms. The fraction of sp³-hybridized carbons (Fsp3) is 0.611. The topological polar surface area (TPSA) is 39.7 Å². The van der Waals surface area contributed by atoms with E-state index in [9.17, 15) is 26.3 Å². The molecule has 1 atom stereocenters. The highest BCUT2D eigenvalue weighted by molar-refractivity contribution is 14.0. The van der Waals surface area contributed by atoms with Crippen LogP contribution in [0.2, 0.25) is 0 Å². The van der Waals surface area contributed by atoms with Crippen LogP contribution in [0.3, 0.4) is 0 Å². The molecular formula is C18H25F6IN4. The number of guanidine groups is 1. The van der Waals surface area contributed by atoms with Gasteiger partial charge in [0.05, 0.1) is 18.7 Å². The SMILES string of the molecule is CCNC(=NCc1ccc(C(F)(F)F)cc1)NCC1CCN(CC(F)(F)F)C1.I. The molecule has 1 aliphatic heterocycles. The van der Waals surface area contributed by atoms with Crippen molar-refractivity contribution >= 4 is 29.9 Å². The number of halogens is 7. The van der Waals surface area contributed by atoms with Crippen molar-refractivity contribution in [3.8, 4) is 0 Å². The number of rotatable bonds is 6. The molecule has 0 aromatic heterocycles. The monoisotopic (exact) mass is 538 g/mol. The van der Waals surface area contributed by atoms with Gasteiger partial charge in [-0.25, -0.2) is 4.99 Å². The minimum absolute atomic E-state index is 0. The standard InChI is InChI=1S/C18H24F6N4.HI/c1-2-25-16(26-9-13-3-5-15(6-4-13)18(22,23)24)27-10-14-7-8-28(11-14)12-17(19,20)21;/h3-6,14H,2,7-12H2,1H3,(H2,25,26,27);1H. The summed E-state index contributed by atoms with van der Waals surface area (Å²) in [4.78, 5) is 5.72. The lowest BCUT2D eigenvalue weighted by Gasteiger charge is -2.18. The summed E-state index contributed by atoms with van der Waals surface area (Å²) in [6.07, 6.45) is -7.90. The molecule has 2 N–H and O–H groups in total. The number of aliphatic imine (C=N–C) groups is 1. The maximum atomic E-state index is 12.6. The number of alkyl halides is 6. The fourth-order valence-corrected chi connectivity index (χ4v) is 3.03. The molecule has 1 unspecified atom stereocenters. The number of nitrogens with zero attached hydrogens (tertiary/aromatic N) is 2. The second-order valence-electron chi connectivity index (χ2n) is 6.78. The summed E-state index contributed by atoms with van der Waals surface area (Å²) >= 11 is 0. The maximum absolute atomic E-state index is 12.6. The van der Waals surface area contributed by atoms with E-state index in [1.54, 1.807) is 0 Å². The number of hydrogen-bond acceptors (Lipinski definition) is 2. The van der Waals surface area contributed by atoms with E-state index in [1.165, 1.54) is 17.0 Å². The third-order valence-corrected chi connectivity index (χ3v) is 4.38. The summed E-state index contributed by atoms with van der Waals surface area (Å²) in [5.41, 5.74) is -0.0858. The minimum Gasteiger partial charge on any atom is -0.357 e. The lowest BCUT2D eigenvalue weighted by molar-refractivity contribution is -0.143. The number of hydrogen-bond donors (Lipinski definition) is 2. The van der Waals surface area contributed by atoms with E-state index in [-0.39, 0.29) is 36.4 Å². The quantitative estimate of drug-likeness (QED) is 0.246. The van der Waals surface area contributed by atoms with E-state index < -0.39 is 24.5 Å². The Morgan fingerprint density at radius 1 is 1.10 bits per heavy atom. The van der Waals surface area contributed by atoms with Crippen molar-refractivity contribution < 1.29 is 26.3 Å². The molecule has 1 fully saturated rings. The van der Waals surface area contributed by atoms with Gasteiger partial charge in [-0.3, -0.25) is 4.90 Å². The van der Waals surface area contributed by atoms with Crippen LogP contribution in [-0.2, 0) is 12.7 Å². The Kier molecular flexibility index (Phi) is 9.99. The first kappa shape index (κ1) is 25.8. The molecule has 1 saturated heterocycles. The molecule has 0 bridgehead atoms. The summed E-state index contributed by atoms with van der Waals surface area (Å²) in [5.74, 6) is 0.564. The Morgan fingerprint density at radius 3 is 2.31 bits per heavy atom. The van der Waals surface area contributed by atoms with E-state index >= 15 is 0 Å². The predicted molar refractivity (Wildman–Crippen MR) is 110 cm³/mol. The first-order valence-electron chi connectivity index (χ1n) is 9.04. The Balaban J connectivity index is 0.00000420. The zero-order valence-corrected chi connectivity index (χ0v) is 18.2. The molecule has 1 aromatic rings. The van der Waals surface area contributed by atoms with Crippen molar-refractivity contribution in [3.05, 3.63) is 35.4 Å². The van der Waals surface area contributed by atoms with Crippen molar-refractivity contribution in [3.63, 3.8) is 0 Å². The van der Waals surface area contributed by atoms with Crippen LogP contribution in [0.5, 0.6) is 0 Å². The highest BCUT2D eigenvalue weighted by Crippen LogP contribution is 2.29. The summed E-state index contributed by atoms with van der Waals surface area (Å²) in [7, 11) is 0. The van der Waals surface area contributed by atoms with Crippen LogP contribution >= 0.6 is 24.0 Å². The van der Waals surface area contributed by atoms with Gasteiger partial charge in [0, 0.05) is 19.6 Å². The zero-order valence-electron chi connectivity index (χ0n) is 15.9. The first-order valence-corrected chi connectivity index (χ1v) is 9.04. The Bertz CT molecular complexity index is 645. The van der Waals surface area contributed by atoms with Crippen molar-refractivity contribution in [2.24, 2.45) is 10.9 Å². The van der Waals surface area contributed by atoms with E-state index in [2.05, 4.69) is 15.6 Å². The van der Waals surface area contributed by atoms with Crippen molar-refractivity contribution in [1.29, 1.82) is 0 Å². The maximum Gasteiger partial charge on any atom is 0.416 e. The second-order valence-corrected chi connectivity index (χ2v) is 6.78. The van der Waals surface area contributed by atoms with Gasteiger partial charge in [-0.05, 0) is 43.5 Å². The van der Waals surface area contributed by atoms with Crippen molar-refractivity contribution in [1.82, 2.24) is 15.5 Å². The molecule has 0 saturated carbocycles. The van der Waals surface area contributed by atoms with Gasteiger partial charge in [-0.1, -0.05) is 12.1 Å². The summed E-state index contributed by atoms with van der Waals surface area (Å²) < 4.78 is 75.1. The molecule has 0 spiro atoms. The van der Waals surface area contributed by atoms with Crippen LogP contribution in [0.1, 0.15) is 24.5 Å². The van der Waals surface area contributed by atoms with E-state index in [0.29, 0.717) is 44.1 Å². The molecule has 11 heteroatoms. The summed E-state index contributed by atoms with van der Waals surface area (Å²) in [6.45, 7) is 3.01. The predicted octanol–water partition coefficient (Wildman–Crippen LogP) is 4.26. The van der Waals surface area contributed by atoms with Crippen LogP contribution in [-0.4, -0.2) is 49.8 Å².